The van der Waals surface area contributed by atoms with Crippen molar-refractivity contribution in [3.05, 3.63) is 29.8 Å². The van der Waals surface area contributed by atoms with Gasteiger partial charge in [0.1, 0.15) is 0 Å². The van der Waals surface area contributed by atoms with Crippen LogP contribution in [0.3, 0.4) is 0 Å². The second-order valence-corrected chi connectivity index (χ2v) is 5.99. The molecule has 19 heavy (non-hydrogen) atoms. The van der Waals surface area contributed by atoms with E-state index in [1.807, 2.05) is 0 Å². The SMILES string of the molecule is CC[C@H](N)c1ccc(N(C)CC2CCCCC2)cc1. The zero-order valence-electron chi connectivity index (χ0n) is 12.4. The maximum atomic E-state index is 6.06. The topological polar surface area (TPSA) is 29.3 Å². The number of hydrogen-bond acceptors (Lipinski definition) is 2. The molecule has 0 radical (unpaired) electrons. The first kappa shape index (κ1) is 14.4. The Labute approximate surface area is 118 Å². The fourth-order valence-electron chi connectivity index (χ4n) is 3.07. The average Bonchev–Trinajstić information content (AvgIpc) is 2.47. The third-order valence-electron chi connectivity index (χ3n) is 4.46. The van der Waals surface area contributed by atoms with E-state index in [1.165, 1.54) is 49.9 Å². The molecule has 0 aliphatic heterocycles. The van der Waals surface area contributed by atoms with Crippen LogP contribution in [-0.2, 0) is 0 Å². The van der Waals surface area contributed by atoms with Crippen LogP contribution in [0, 0.1) is 5.92 Å². The highest BCUT2D eigenvalue weighted by Crippen LogP contribution is 2.26. The molecule has 1 atom stereocenters. The number of nitrogens with zero attached hydrogens (tertiary/aromatic N) is 1. The first-order valence-electron chi connectivity index (χ1n) is 7.77. The predicted molar refractivity (Wildman–Crippen MR) is 83.5 cm³/mol. The normalized spacial score (nSPS) is 18.3. The molecule has 2 N–H and O–H groups in total. The molecule has 0 heterocycles. The van der Waals surface area contributed by atoms with Gasteiger partial charge in [0.25, 0.3) is 0 Å². The Kier molecular flexibility index (Phi) is 5.26. The van der Waals surface area contributed by atoms with Crippen molar-refractivity contribution in [1.82, 2.24) is 0 Å². The van der Waals surface area contributed by atoms with Crippen LogP contribution in [0.2, 0.25) is 0 Å². The van der Waals surface area contributed by atoms with Crippen molar-refractivity contribution in [2.45, 2.75) is 51.5 Å². The van der Waals surface area contributed by atoms with Crippen LogP contribution >= 0.6 is 0 Å². The van der Waals surface area contributed by atoms with Gasteiger partial charge in [-0.3, -0.25) is 0 Å². The summed E-state index contributed by atoms with van der Waals surface area (Å²) in [5, 5.41) is 0. The van der Waals surface area contributed by atoms with Crippen LogP contribution in [0.5, 0.6) is 0 Å². The lowest BCUT2D eigenvalue weighted by molar-refractivity contribution is 0.362. The number of nitrogens with two attached hydrogens (primary N) is 1. The average molecular weight is 260 g/mol. The van der Waals surface area contributed by atoms with E-state index in [9.17, 15) is 0 Å². The lowest BCUT2D eigenvalue weighted by Gasteiger charge is -2.28. The maximum absolute atomic E-state index is 6.06. The number of benzene rings is 1. The minimum atomic E-state index is 0.178. The van der Waals surface area contributed by atoms with Gasteiger partial charge in [-0.2, -0.15) is 0 Å². The van der Waals surface area contributed by atoms with Gasteiger partial charge < -0.3 is 10.6 Å². The van der Waals surface area contributed by atoms with E-state index < -0.39 is 0 Å². The molecule has 2 heteroatoms. The summed E-state index contributed by atoms with van der Waals surface area (Å²) in [5.74, 6) is 0.885. The van der Waals surface area contributed by atoms with Gasteiger partial charge >= 0.3 is 0 Å². The Morgan fingerprint density at radius 1 is 1.16 bits per heavy atom. The molecule has 0 saturated heterocycles. The summed E-state index contributed by atoms with van der Waals surface area (Å²) < 4.78 is 0. The van der Waals surface area contributed by atoms with E-state index >= 15 is 0 Å². The van der Waals surface area contributed by atoms with Gasteiger partial charge in [-0.1, -0.05) is 38.3 Å². The highest BCUT2D eigenvalue weighted by molar-refractivity contribution is 5.47. The summed E-state index contributed by atoms with van der Waals surface area (Å²) in [7, 11) is 2.21. The van der Waals surface area contributed by atoms with Gasteiger partial charge in [0.05, 0.1) is 0 Å². The van der Waals surface area contributed by atoms with Gasteiger partial charge in [0.15, 0.2) is 0 Å². The van der Waals surface area contributed by atoms with Gasteiger partial charge in [-0.15, -0.1) is 0 Å². The molecule has 0 aromatic heterocycles. The van der Waals surface area contributed by atoms with E-state index in [-0.39, 0.29) is 6.04 Å². The van der Waals surface area contributed by atoms with E-state index in [1.54, 1.807) is 0 Å². The summed E-state index contributed by atoms with van der Waals surface area (Å²) >= 11 is 0. The predicted octanol–water partition coefficient (Wildman–Crippen LogP) is 4.11. The highest BCUT2D eigenvalue weighted by atomic mass is 15.1. The highest BCUT2D eigenvalue weighted by Gasteiger charge is 2.15. The molecule has 1 aliphatic rings. The van der Waals surface area contributed by atoms with Crippen molar-refractivity contribution in [3.63, 3.8) is 0 Å². The van der Waals surface area contributed by atoms with Crippen LogP contribution in [0.4, 0.5) is 5.69 Å². The molecule has 1 aliphatic carbocycles. The lowest BCUT2D eigenvalue weighted by atomic mass is 9.89. The first-order valence-corrected chi connectivity index (χ1v) is 7.77. The van der Waals surface area contributed by atoms with Crippen molar-refractivity contribution in [2.24, 2.45) is 11.7 Å². The molecule has 106 valence electrons. The largest absolute Gasteiger partial charge is 0.374 e. The van der Waals surface area contributed by atoms with Crippen molar-refractivity contribution < 1.29 is 0 Å². The number of rotatable bonds is 5. The summed E-state index contributed by atoms with van der Waals surface area (Å²) in [5.41, 5.74) is 8.62. The monoisotopic (exact) mass is 260 g/mol. The zero-order chi connectivity index (χ0) is 13.7. The first-order chi connectivity index (χ1) is 9.20. The Hall–Kier alpha value is -1.02. The van der Waals surface area contributed by atoms with Crippen LogP contribution in [0.25, 0.3) is 0 Å². The molecular weight excluding hydrogens is 232 g/mol. The summed E-state index contributed by atoms with van der Waals surface area (Å²) in [6.07, 6.45) is 8.08. The van der Waals surface area contributed by atoms with Crippen LogP contribution in [0.1, 0.15) is 57.1 Å². The van der Waals surface area contributed by atoms with Gasteiger partial charge in [-0.25, -0.2) is 0 Å². The molecule has 1 aromatic rings. The van der Waals surface area contributed by atoms with Crippen molar-refractivity contribution in [3.8, 4) is 0 Å². The molecule has 1 fully saturated rings. The van der Waals surface area contributed by atoms with E-state index in [0.29, 0.717) is 0 Å². The fraction of sp³-hybridized carbons (Fsp3) is 0.647. The minimum absolute atomic E-state index is 0.178. The van der Waals surface area contributed by atoms with Crippen LogP contribution in [-0.4, -0.2) is 13.6 Å². The summed E-state index contributed by atoms with van der Waals surface area (Å²) in [6.45, 7) is 3.33. The number of anilines is 1. The van der Waals surface area contributed by atoms with Crippen LogP contribution < -0.4 is 10.6 Å². The Morgan fingerprint density at radius 2 is 1.79 bits per heavy atom. The zero-order valence-corrected chi connectivity index (χ0v) is 12.4. The lowest BCUT2D eigenvalue weighted by Crippen LogP contribution is -2.26. The standard InChI is InChI=1S/C17H28N2/c1-3-17(18)15-9-11-16(12-10-15)19(2)13-14-7-5-4-6-8-14/h9-12,14,17H,3-8,13,18H2,1-2H3/t17-/m0/s1. The molecule has 0 bridgehead atoms. The fourth-order valence-corrected chi connectivity index (χ4v) is 3.07. The molecule has 2 nitrogen and oxygen atoms in total. The third-order valence-corrected chi connectivity index (χ3v) is 4.46. The quantitative estimate of drug-likeness (QED) is 0.863. The van der Waals surface area contributed by atoms with E-state index in [2.05, 4.69) is 43.1 Å². The Morgan fingerprint density at radius 3 is 2.37 bits per heavy atom. The van der Waals surface area contributed by atoms with E-state index in [0.717, 1.165) is 12.3 Å². The van der Waals surface area contributed by atoms with Crippen molar-refractivity contribution >= 4 is 5.69 Å². The summed E-state index contributed by atoms with van der Waals surface area (Å²) in [6, 6.07) is 8.97. The van der Waals surface area contributed by atoms with Gasteiger partial charge in [0, 0.05) is 25.3 Å². The molecule has 0 amide bonds. The molecule has 0 unspecified atom stereocenters. The minimum Gasteiger partial charge on any atom is -0.374 e. The molecule has 1 aromatic carbocycles. The Bertz CT molecular complexity index is 365. The van der Waals surface area contributed by atoms with Crippen molar-refractivity contribution in [1.29, 1.82) is 0 Å². The Balaban J connectivity index is 1.93. The van der Waals surface area contributed by atoms with Gasteiger partial charge in [-0.05, 0) is 42.9 Å². The summed E-state index contributed by atoms with van der Waals surface area (Å²) in [4.78, 5) is 2.40. The molecule has 2 rings (SSSR count). The molecule has 0 spiro atoms. The van der Waals surface area contributed by atoms with Crippen molar-refractivity contribution in [2.75, 3.05) is 18.5 Å². The molecular formula is C17H28N2. The molecule has 1 saturated carbocycles. The maximum Gasteiger partial charge on any atom is 0.0363 e. The second kappa shape index (κ2) is 6.95. The smallest absolute Gasteiger partial charge is 0.0363 e. The van der Waals surface area contributed by atoms with Crippen LogP contribution in [0.15, 0.2) is 24.3 Å². The van der Waals surface area contributed by atoms with Gasteiger partial charge in [0.2, 0.25) is 0 Å². The number of hydrogen-bond donors (Lipinski definition) is 1. The second-order valence-electron chi connectivity index (χ2n) is 5.99. The third kappa shape index (κ3) is 3.97. The van der Waals surface area contributed by atoms with E-state index in [4.69, 9.17) is 5.73 Å².